The third-order valence-corrected chi connectivity index (χ3v) is 4.37. The molecular weight excluding hydrogens is 270 g/mol. The number of hydrogen-bond donors (Lipinski definition) is 0. The van der Waals surface area contributed by atoms with E-state index in [1.807, 2.05) is 26.0 Å². The van der Waals surface area contributed by atoms with Crippen molar-refractivity contribution in [3.05, 3.63) is 24.8 Å². The number of rotatable bonds is 10. The van der Waals surface area contributed by atoms with E-state index >= 15 is 0 Å². The lowest BCUT2D eigenvalue weighted by molar-refractivity contribution is -0.120. The van der Waals surface area contributed by atoms with E-state index in [0.29, 0.717) is 25.2 Å². The van der Waals surface area contributed by atoms with Gasteiger partial charge in [-0.25, -0.2) is 0 Å². The maximum atomic E-state index is 11.5. The van der Waals surface area contributed by atoms with Crippen molar-refractivity contribution < 1.29 is 4.79 Å². The number of carbonyl (C=O) groups is 1. The Kier molecular flexibility index (Phi) is 9.25. The highest BCUT2D eigenvalue weighted by atomic mass is 35.5. The second-order valence-corrected chi connectivity index (χ2v) is 6.06. The Labute approximate surface area is 128 Å². The van der Waals surface area contributed by atoms with Crippen molar-refractivity contribution in [2.24, 2.45) is 17.3 Å². The second kappa shape index (κ2) is 9.77. The topological polar surface area (TPSA) is 40.9 Å². The molecule has 0 aromatic heterocycles. The van der Waals surface area contributed by atoms with Crippen LogP contribution >= 0.6 is 11.6 Å². The molecule has 2 nitrogen and oxygen atoms in total. The van der Waals surface area contributed by atoms with Crippen LogP contribution in [0.2, 0.25) is 0 Å². The SMILES string of the molecule is C=CC(C)CCC=CCC(C#N)CC(C)(CC)C(=O)Cl. The highest BCUT2D eigenvalue weighted by Gasteiger charge is 2.32. The molecule has 3 atom stereocenters. The number of allylic oxidation sites excluding steroid dienone is 3. The number of carbonyl (C=O) groups excluding carboxylic acids is 1. The second-order valence-electron chi connectivity index (χ2n) is 5.72. The van der Waals surface area contributed by atoms with Gasteiger partial charge in [0.2, 0.25) is 5.24 Å². The van der Waals surface area contributed by atoms with Crippen LogP contribution in [-0.4, -0.2) is 5.24 Å². The van der Waals surface area contributed by atoms with E-state index in [2.05, 4.69) is 25.6 Å². The molecule has 112 valence electrons. The molecule has 0 N–H and O–H groups in total. The molecule has 0 heterocycles. The molecule has 0 saturated heterocycles. The number of nitrogens with zero attached hydrogens (tertiary/aromatic N) is 1. The standard InChI is InChI=1S/C17H26ClNO/c1-5-14(3)10-8-7-9-11-15(13-19)12-17(4,6-2)16(18)20/h5,7,9,14-15H,1,6,8,10-12H2,2-4H3. The minimum atomic E-state index is -0.590. The molecule has 20 heavy (non-hydrogen) atoms. The fraction of sp³-hybridized carbons (Fsp3) is 0.647. The summed E-state index contributed by atoms with van der Waals surface area (Å²) in [4.78, 5) is 11.5. The molecule has 0 rings (SSSR count). The van der Waals surface area contributed by atoms with Crippen LogP contribution < -0.4 is 0 Å². The van der Waals surface area contributed by atoms with Crippen LogP contribution in [0.5, 0.6) is 0 Å². The van der Waals surface area contributed by atoms with Crippen LogP contribution in [0.3, 0.4) is 0 Å². The molecule has 0 aliphatic heterocycles. The molecule has 0 saturated carbocycles. The van der Waals surface area contributed by atoms with E-state index in [1.165, 1.54) is 0 Å². The zero-order valence-corrected chi connectivity index (χ0v) is 13.6. The third-order valence-electron chi connectivity index (χ3n) is 3.91. The fourth-order valence-electron chi connectivity index (χ4n) is 1.94. The summed E-state index contributed by atoms with van der Waals surface area (Å²) >= 11 is 5.65. The molecule has 0 radical (unpaired) electrons. The molecule has 0 aromatic rings. The molecule has 0 spiro atoms. The summed E-state index contributed by atoms with van der Waals surface area (Å²) in [6.45, 7) is 9.66. The van der Waals surface area contributed by atoms with Crippen molar-refractivity contribution in [3.8, 4) is 6.07 Å². The first-order chi connectivity index (χ1) is 9.39. The number of hydrogen-bond acceptors (Lipinski definition) is 2. The van der Waals surface area contributed by atoms with Gasteiger partial charge in [-0.15, -0.1) is 6.58 Å². The molecule has 3 unspecified atom stereocenters. The predicted molar refractivity (Wildman–Crippen MR) is 85.3 cm³/mol. The van der Waals surface area contributed by atoms with Gasteiger partial charge in [-0.1, -0.05) is 39.0 Å². The lowest BCUT2D eigenvalue weighted by Gasteiger charge is -2.25. The van der Waals surface area contributed by atoms with Crippen molar-refractivity contribution in [2.75, 3.05) is 0 Å². The third kappa shape index (κ3) is 6.91. The van der Waals surface area contributed by atoms with Gasteiger partial charge >= 0.3 is 0 Å². The van der Waals surface area contributed by atoms with Gasteiger partial charge in [0, 0.05) is 5.41 Å². The summed E-state index contributed by atoms with van der Waals surface area (Å²) in [6, 6.07) is 2.28. The van der Waals surface area contributed by atoms with E-state index in [1.54, 1.807) is 0 Å². The first-order valence-electron chi connectivity index (χ1n) is 7.26. The minimum Gasteiger partial charge on any atom is -0.281 e. The lowest BCUT2D eigenvalue weighted by Crippen LogP contribution is -2.25. The predicted octanol–water partition coefficient (Wildman–Crippen LogP) is 5.25. The molecule has 0 aromatic carbocycles. The zero-order chi connectivity index (χ0) is 15.6. The molecule has 0 aliphatic carbocycles. The van der Waals surface area contributed by atoms with Crippen LogP contribution in [0.25, 0.3) is 0 Å². The van der Waals surface area contributed by atoms with Gasteiger partial charge in [-0.3, -0.25) is 4.79 Å². The van der Waals surface area contributed by atoms with Crippen LogP contribution in [0, 0.1) is 28.6 Å². The summed E-state index contributed by atoms with van der Waals surface area (Å²) in [5, 5.41) is 8.85. The minimum absolute atomic E-state index is 0.157. The lowest BCUT2D eigenvalue weighted by atomic mass is 9.79. The van der Waals surface area contributed by atoms with Gasteiger partial charge in [0.15, 0.2) is 0 Å². The normalized spacial score (nSPS) is 17.1. The molecule has 0 aliphatic rings. The van der Waals surface area contributed by atoms with Gasteiger partial charge in [0.25, 0.3) is 0 Å². The Morgan fingerprint density at radius 3 is 2.60 bits per heavy atom. The van der Waals surface area contributed by atoms with E-state index in [9.17, 15) is 10.1 Å². The van der Waals surface area contributed by atoms with Gasteiger partial charge < -0.3 is 0 Å². The maximum Gasteiger partial charge on any atom is 0.227 e. The van der Waals surface area contributed by atoms with Crippen molar-refractivity contribution in [2.45, 2.75) is 52.9 Å². The van der Waals surface area contributed by atoms with Gasteiger partial charge in [-0.05, 0) is 49.6 Å². The quantitative estimate of drug-likeness (QED) is 0.408. The Bertz CT molecular complexity index is 383. The molecule has 0 fully saturated rings. The smallest absolute Gasteiger partial charge is 0.227 e. The summed E-state index contributed by atoms with van der Waals surface area (Å²) in [6.07, 6.45) is 10.0. The van der Waals surface area contributed by atoms with E-state index < -0.39 is 5.41 Å². The molecule has 0 bridgehead atoms. The van der Waals surface area contributed by atoms with Gasteiger partial charge in [0.05, 0.1) is 12.0 Å². The van der Waals surface area contributed by atoms with E-state index in [-0.39, 0.29) is 11.2 Å². The summed E-state index contributed by atoms with van der Waals surface area (Å²) in [5.74, 6) is 0.361. The first-order valence-corrected chi connectivity index (χ1v) is 7.64. The van der Waals surface area contributed by atoms with Gasteiger partial charge in [-0.2, -0.15) is 5.26 Å². The number of halogens is 1. The average Bonchev–Trinajstić information content (AvgIpc) is 2.44. The van der Waals surface area contributed by atoms with Crippen molar-refractivity contribution in [3.63, 3.8) is 0 Å². The fourth-order valence-corrected chi connectivity index (χ4v) is 2.16. The number of nitriles is 1. The van der Waals surface area contributed by atoms with Crippen molar-refractivity contribution >= 4 is 16.8 Å². The van der Waals surface area contributed by atoms with Crippen LogP contribution in [0.1, 0.15) is 52.9 Å². The summed E-state index contributed by atoms with van der Waals surface area (Å²) in [5.41, 5.74) is -0.590. The van der Waals surface area contributed by atoms with Crippen LogP contribution in [0.4, 0.5) is 0 Å². The van der Waals surface area contributed by atoms with E-state index in [0.717, 1.165) is 12.8 Å². The van der Waals surface area contributed by atoms with Crippen molar-refractivity contribution in [1.29, 1.82) is 5.26 Å². The van der Waals surface area contributed by atoms with E-state index in [4.69, 9.17) is 11.6 Å². The zero-order valence-electron chi connectivity index (χ0n) is 12.9. The molecule has 3 heteroatoms. The Morgan fingerprint density at radius 1 is 1.50 bits per heavy atom. The van der Waals surface area contributed by atoms with Gasteiger partial charge in [0.1, 0.15) is 0 Å². The summed E-state index contributed by atoms with van der Waals surface area (Å²) < 4.78 is 0. The molecule has 0 amide bonds. The summed E-state index contributed by atoms with van der Waals surface area (Å²) in [7, 11) is 0. The Hall–Kier alpha value is -1.07. The van der Waals surface area contributed by atoms with Crippen molar-refractivity contribution in [1.82, 2.24) is 0 Å². The van der Waals surface area contributed by atoms with Crippen LogP contribution in [-0.2, 0) is 4.79 Å². The monoisotopic (exact) mass is 295 g/mol. The highest BCUT2D eigenvalue weighted by molar-refractivity contribution is 6.64. The maximum absolute atomic E-state index is 11.5. The average molecular weight is 296 g/mol. The first kappa shape index (κ1) is 18.9. The Morgan fingerprint density at radius 2 is 2.15 bits per heavy atom. The molecular formula is C17H26ClNO. The van der Waals surface area contributed by atoms with Crippen LogP contribution in [0.15, 0.2) is 24.8 Å². The highest BCUT2D eigenvalue weighted by Crippen LogP contribution is 2.33. The Balaban J connectivity index is 4.30. The largest absolute Gasteiger partial charge is 0.281 e.